The largest absolute Gasteiger partial charge is 0.488 e. The van der Waals surface area contributed by atoms with E-state index in [0.29, 0.717) is 5.56 Å². The standard InChI is InChI=1S/C15H13F3N2O3/c16-12-5-2-6-13(15(12)20(21)22)19-8-10-3-1-4-11(7-10)23-9-14(17)18/h1-7,14,19H,8-9H2. The highest BCUT2D eigenvalue weighted by atomic mass is 19.3. The highest BCUT2D eigenvalue weighted by molar-refractivity contribution is 5.62. The number of nitro groups is 1. The zero-order valence-corrected chi connectivity index (χ0v) is 11.8. The predicted octanol–water partition coefficient (Wildman–Crippen LogP) is 3.99. The maximum absolute atomic E-state index is 13.5. The van der Waals surface area contributed by atoms with Gasteiger partial charge in [0.2, 0.25) is 5.82 Å². The molecule has 0 atom stereocenters. The molecule has 8 heteroatoms. The predicted molar refractivity (Wildman–Crippen MR) is 78.3 cm³/mol. The van der Waals surface area contributed by atoms with Crippen LogP contribution >= 0.6 is 0 Å². The minimum atomic E-state index is -2.58. The molecular formula is C15H13F3N2O3. The Morgan fingerprint density at radius 1 is 1.22 bits per heavy atom. The summed E-state index contributed by atoms with van der Waals surface area (Å²) in [6, 6.07) is 10.1. The van der Waals surface area contributed by atoms with Crippen molar-refractivity contribution in [3.8, 4) is 5.75 Å². The van der Waals surface area contributed by atoms with Gasteiger partial charge >= 0.3 is 5.69 Å². The van der Waals surface area contributed by atoms with Crippen LogP contribution in [0.5, 0.6) is 5.75 Å². The molecule has 0 saturated heterocycles. The van der Waals surface area contributed by atoms with Crippen LogP contribution in [0.2, 0.25) is 0 Å². The van der Waals surface area contributed by atoms with Gasteiger partial charge in [-0.05, 0) is 29.8 Å². The summed E-state index contributed by atoms with van der Waals surface area (Å²) >= 11 is 0. The van der Waals surface area contributed by atoms with Gasteiger partial charge in [0.15, 0.2) is 0 Å². The average Bonchev–Trinajstić information content (AvgIpc) is 2.51. The Morgan fingerprint density at radius 2 is 1.96 bits per heavy atom. The van der Waals surface area contributed by atoms with Gasteiger partial charge < -0.3 is 10.1 Å². The number of para-hydroxylation sites is 1. The summed E-state index contributed by atoms with van der Waals surface area (Å²) < 4.78 is 42.6. The monoisotopic (exact) mass is 326 g/mol. The third-order valence-corrected chi connectivity index (χ3v) is 2.93. The summed E-state index contributed by atoms with van der Waals surface area (Å²) in [5, 5.41) is 13.7. The Balaban J connectivity index is 2.08. The molecular weight excluding hydrogens is 313 g/mol. The number of nitrogens with zero attached hydrogens (tertiary/aromatic N) is 1. The van der Waals surface area contributed by atoms with E-state index in [-0.39, 0.29) is 18.0 Å². The Hall–Kier alpha value is -2.77. The first-order valence-electron chi connectivity index (χ1n) is 6.64. The first kappa shape index (κ1) is 16.6. The Labute approximate surface area is 129 Å². The fourth-order valence-corrected chi connectivity index (χ4v) is 1.95. The molecule has 0 aliphatic heterocycles. The lowest BCUT2D eigenvalue weighted by molar-refractivity contribution is -0.386. The van der Waals surface area contributed by atoms with E-state index in [4.69, 9.17) is 4.74 Å². The number of halogens is 3. The van der Waals surface area contributed by atoms with Crippen molar-refractivity contribution in [1.82, 2.24) is 0 Å². The van der Waals surface area contributed by atoms with E-state index in [9.17, 15) is 23.3 Å². The van der Waals surface area contributed by atoms with Gasteiger partial charge in [-0.1, -0.05) is 18.2 Å². The molecule has 23 heavy (non-hydrogen) atoms. The number of nitro benzene ring substituents is 1. The maximum Gasteiger partial charge on any atom is 0.327 e. The lowest BCUT2D eigenvalue weighted by atomic mass is 10.2. The van der Waals surface area contributed by atoms with E-state index in [1.807, 2.05) is 0 Å². The second-order valence-corrected chi connectivity index (χ2v) is 4.60. The smallest absolute Gasteiger partial charge is 0.327 e. The zero-order valence-electron chi connectivity index (χ0n) is 11.8. The van der Waals surface area contributed by atoms with Crippen molar-refractivity contribution in [2.75, 3.05) is 11.9 Å². The number of hydrogen-bond acceptors (Lipinski definition) is 4. The molecule has 2 rings (SSSR count). The lowest BCUT2D eigenvalue weighted by Gasteiger charge is -2.10. The summed E-state index contributed by atoms with van der Waals surface area (Å²) in [4.78, 5) is 10.1. The number of ether oxygens (including phenoxy) is 1. The van der Waals surface area contributed by atoms with Crippen LogP contribution in [0.4, 0.5) is 24.5 Å². The molecule has 0 aromatic heterocycles. The van der Waals surface area contributed by atoms with E-state index in [1.54, 1.807) is 12.1 Å². The molecule has 2 aromatic carbocycles. The topological polar surface area (TPSA) is 64.4 Å². The summed E-state index contributed by atoms with van der Waals surface area (Å²) in [7, 11) is 0. The normalized spacial score (nSPS) is 10.6. The van der Waals surface area contributed by atoms with Gasteiger partial charge in [-0.3, -0.25) is 10.1 Å². The summed E-state index contributed by atoms with van der Waals surface area (Å²) in [6.07, 6.45) is -2.58. The molecule has 0 spiro atoms. The Kier molecular flexibility index (Phi) is 5.40. The van der Waals surface area contributed by atoms with Gasteiger partial charge in [-0.25, -0.2) is 8.78 Å². The Morgan fingerprint density at radius 3 is 2.65 bits per heavy atom. The van der Waals surface area contributed by atoms with E-state index < -0.39 is 29.5 Å². The number of rotatable bonds is 7. The molecule has 0 fully saturated rings. The number of benzene rings is 2. The third-order valence-electron chi connectivity index (χ3n) is 2.93. The summed E-state index contributed by atoms with van der Waals surface area (Å²) in [5.41, 5.74) is 0.0434. The molecule has 122 valence electrons. The van der Waals surface area contributed by atoms with Crippen LogP contribution in [0, 0.1) is 15.9 Å². The molecule has 0 saturated carbocycles. The quantitative estimate of drug-likeness (QED) is 0.617. The minimum Gasteiger partial charge on any atom is -0.488 e. The number of anilines is 1. The van der Waals surface area contributed by atoms with Gasteiger partial charge in [-0.2, -0.15) is 4.39 Å². The van der Waals surface area contributed by atoms with E-state index in [2.05, 4.69) is 5.32 Å². The van der Waals surface area contributed by atoms with Crippen LogP contribution < -0.4 is 10.1 Å². The van der Waals surface area contributed by atoms with Crippen molar-refractivity contribution in [2.45, 2.75) is 13.0 Å². The molecule has 0 bridgehead atoms. The zero-order chi connectivity index (χ0) is 16.8. The fourth-order valence-electron chi connectivity index (χ4n) is 1.95. The summed E-state index contributed by atoms with van der Waals surface area (Å²) in [6.45, 7) is -0.567. The number of hydrogen-bond donors (Lipinski definition) is 1. The van der Waals surface area contributed by atoms with Crippen LogP contribution in [0.25, 0.3) is 0 Å². The van der Waals surface area contributed by atoms with Crippen molar-refractivity contribution < 1.29 is 22.8 Å². The van der Waals surface area contributed by atoms with Gasteiger partial charge in [0.25, 0.3) is 6.43 Å². The second kappa shape index (κ2) is 7.48. The van der Waals surface area contributed by atoms with Crippen LogP contribution in [-0.4, -0.2) is 18.0 Å². The van der Waals surface area contributed by atoms with E-state index in [1.165, 1.54) is 24.3 Å². The highest BCUT2D eigenvalue weighted by Crippen LogP contribution is 2.27. The van der Waals surface area contributed by atoms with E-state index >= 15 is 0 Å². The fraction of sp³-hybridized carbons (Fsp3) is 0.200. The van der Waals surface area contributed by atoms with Crippen molar-refractivity contribution in [1.29, 1.82) is 0 Å². The summed E-state index contributed by atoms with van der Waals surface area (Å²) in [5.74, 6) is -0.674. The maximum atomic E-state index is 13.5. The third kappa shape index (κ3) is 4.60. The van der Waals surface area contributed by atoms with Crippen molar-refractivity contribution >= 4 is 11.4 Å². The van der Waals surface area contributed by atoms with Crippen LogP contribution in [0.15, 0.2) is 42.5 Å². The van der Waals surface area contributed by atoms with Crippen LogP contribution in [0.3, 0.4) is 0 Å². The SMILES string of the molecule is O=[N+]([O-])c1c(F)cccc1NCc1cccc(OCC(F)F)c1. The van der Waals surface area contributed by atoms with Crippen molar-refractivity contribution in [3.63, 3.8) is 0 Å². The average molecular weight is 326 g/mol. The molecule has 0 radical (unpaired) electrons. The molecule has 0 aliphatic rings. The molecule has 1 N–H and O–H groups in total. The minimum absolute atomic E-state index is 0.0360. The molecule has 2 aromatic rings. The van der Waals surface area contributed by atoms with Crippen molar-refractivity contribution in [3.05, 3.63) is 64.0 Å². The molecule has 5 nitrogen and oxygen atoms in total. The van der Waals surface area contributed by atoms with Gasteiger partial charge in [0.05, 0.1) is 4.92 Å². The second-order valence-electron chi connectivity index (χ2n) is 4.60. The number of alkyl halides is 2. The highest BCUT2D eigenvalue weighted by Gasteiger charge is 2.19. The molecule has 0 amide bonds. The molecule has 0 heterocycles. The van der Waals surface area contributed by atoms with Gasteiger partial charge in [0, 0.05) is 6.54 Å². The molecule has 0 unspecified atom stereocenters. The first-order valence-corrected chi connectivity index (χ1v) is 6.64. The van der Waals surface area contributed by atoms with Gasteiger partial charge in [-0.15, -0.1) is 0 Å². The number of nitrogens with one attached hydrogen (secondary N) is 1. The van der Waals surface area contributed by atoms with Crippen LogP contribution in [0.1, 0.15) is 5.56 Å². The van der Waals surface area contributed by atoms with E-state index in [0.717, 1.165) is 6.07 Å². The molecule has 0 aliphatic carbocycles. The lowest BCUT2D eigenvalue weighted by Crippen LogP contribution is -2.08. The van der Waals surface area contributed by atoms with Gasteiger partial charge in [0.1, 0.15) is 18.0 Å². The first-order chi connectivity index (χ1) is 11.0. The van der Waals surface area contributed by atoms with Crippen LogP contribution in [-0.2, 0) is 6.54 Å². The Bertz CT molecular complexity index is 695. The van der Waals surface area contributed by atoms with Crippen molar-refractivity contribution in [2.24, 2.45) is 0 Å².